The zero-order valence-corrected chi connectivity index (χ0v) is 21.9. The number of fused-ring (bicyclic) bond motifs is 1. The van der Waals surface area contributed by atoms with Gasteiger partial charge in [0.2, 0.25) is 11.8 Å². The number of nitrogens with one attached hydrogen (secondary N) is 2. The highest BCUT2D eigenvalue weighted by Crippen LogP contribution is 2.32. The van der Waals surface area contributed by atoms with Gasteiger partial charge in [-0.1, -0.05) is 19.4 Å². The number of hydrogen-bond donors (Lipinski definition) is 2. The summed E-state index contributed by atoms with van der Waals surface area (Å²) in [5.74, 6) is -2.14. The van der Waals surface area contributed by atoms with Gasteiger partial charge in [0, 0.05) is 43.5 Å². The molecule has 1 aromatic carbocycles. The molecule has 0 radical (unpaired) electrons. The Balaban J connectivity index is 1.20. The number of benzene rings is 1. The first-order valence-corrected chi connectivity index (χ1v) is 13.4. The number of aromatic nitrogens is 2. The first-order valence-electron chi connectivity index (χ1n) is 13.4. The van der Waals surface area contributed by atoms with Crippen LogP contribution in [0.25, 0.3) is 0 Å². The number of imide groups is 2. The maximum atomic E-state index is 13.3. The predicted octanol–water partition coefficient (Wildman–Crippen LogP) is 2.47. The molecular formula is C27H32N6O6. The van der Waals surface area contributed by atoms with Crippen molar-refractivity contribution >= 4 is 35.4 Å². The van der Waals surface area contributed by atoms with Crippen LogP contribution in [0.15, 0.2) is 30.6 Å². The van der Waals surface area contributed by atoms with E-state index in [2.05, 4.69) is 22.7 Å². The van der Waals surface area contributed by atoms with Gasteiger partial charge in [-0.25, -0.2) is 4.79 Å². The van der Waals surface area contributed by atoms with E-state index < -0.39 is 29.7 Å². The molecule has 2 fully saturated rings. The summed E-state index contributed by atoms with van der Waals surface area (Å²) in [6.07, 6.45) is 7.01. The van der Waals surface area contributed by atoms with Crippen LogP contribution >= 0.6 is 0 Å². The SMILES string of the molecule is CCCCOC(=O)N1CCC(n2cc(CNc3cccc4c3C(=O)N(C3CCC(=O)NC3=O)C4=O)cn2)CC1. The normalized spacial score (nSPS) is 19.8. The third-order valence-corrected chi connectivity index (χ3v) is 7.43. The first kappa shape index (κ1) is 26.4. The van der Waals surface area contributed by atoms with E-state index in [0.717, 1.165) is 36.1 Å². The molecule has 39 heavy (non-hydrogen) atoms. The molecule has 12 nitrogen and oxygen atoms in total. The van der Waals surface area contributed by atoms with Crippen LogP contribution in [0.4, 0.5) is 10.5 Å². The topological polar surface area (TPSA) is 143 Å². The standard InChI is InChI=1S/C27H32N6O6/c1-2-3-13-39-27(38)31-11-9-18(10-12-31)32-16-17(15-29-32)14-28-20-6-4-5-19-23(20)26(37)33(25(19)36)21-7-8-22(34)30-24(21)35/h4-6,15-16,18,21,28H,2-3,7-14H2,1H3,(H,30,34,35). The fourth-order valence-corrected chi connectivity index (χ4v) is 5.24. The smallest absolute Gasteiger partial charge is 0.409 e. The molecule has 0 aliphatic carbocycles. The minimum atomic E-state index is -1.01. The summed E-state index contributed by atoms with van der Waals surface area (Å²) >= 11 is 0. The number of unbranched alkanes of at least 4 members (excludes halogenated alkanes) is 1. The Morgan fingerprint density at radius 3 is 2.67 bits per heavy atom. The molecule has 5 rings (SSSR count). The van der Waals surface area contributed by atoms with Crippen molar-refractivity contribution < 1.29 is 28.7 Å². The minimum absolute atomic E-state index is 0.0704. The van der Waals surface area contributed by atoms with E-state index in [-0.39, 0.29) is 36.1 Å². The Hall–Kier alpha value is -4.22. The first-order chi connectivity index (χ1) is 18.9. The van der Waals surface area contributed by atoms with Crippen molar-refractivity contribution in [1.82, 2.24) is 24.9 Å². The Morgan fingerprint density at radius 2 is 1.92 bits per heavy atom. The third-order valence-electron chi connectivity index (χ3n) is 7.43. The molecule has 1 aromatic heterocycles. The van der Waals surface area contributed by atoms with Crippen LogP contribution in [-0.2, 0) is 20.9 Å². The number of likely N-dealkylation sites (tertiary alicyclic amines) is 1. The molecule has 3 aliphatic heterocycles. The maximum absolute atomic E-state index is 13.3. The Bertz CT molecular complexity index is 1300. The summed E-state index contributed by atoms with van der Waals surface area (Å²) in [5.41, 5.74) is 1.83. The molecule has 3 aliphatic rings. The molecule has 2 saturated heterocycles. The molecule has 4 heterocycles. The number of amides is 5. The van der Waals surface area contributed by atoms with E-state index in [9.17, 15) is 24.0 Å². The van der Waals surface area contributed by atoms with E-state index in [1.54, 1.807) is 29.3 Å². The van der Waals surface area contributed by atoms with Gasteiger partial charge in [0.05, 0.1) is 30.0 Å². The van der Waals surface area contributed by atoms with Gasteiger partial charge in [-0.15, -0.1) is 0 Å². The minimum Gasteiger partial charge on any atom is -0.449 e. The zero-order chi connectivity index (χ0) is 27.5. The number of carbonyl (C=O) groups is 5. The molecular weight excluding hydrogens is 504 g/mol. The lowest BCUT2D eigenvalue weighted by atomic mass is 10.0. The van der Waals surface area contributed by atoms with E-state index in [1.807, 2.05) is 10.9 Å². The van der Waals surface area contributed by atoms with Crippen LogP contribution in [0.2, 0.25) is 0 Å². The van der Waals surface area contributed by atoms with Gasteiger partial charge in [-0.3, -0.25) is 34.1 Å². The molecule has 5 amide bonds. The number of ether oxygens (including phenoxy) is 1. The second-order valence-electron chi connectivity index (χ2n) is 10.0. The maximum Gasteiger partial charge on any atom is 0.409 e. The monoisotopic (exact) mass is 536 g/mol. The fraction of sp³-hybridized carbons (Fsp3) is 0.481. The Kier molecular flexibility index (Phi) is 7.62. The summed E-state index contributed by atoms with van der Waals surface area (Å²) in [6.45, 7) is 4.10. The van der Waals surface area contributed by atoms with E-state index >= 15 is 0 Å². The Labute approximate surface area is 225 Å². The summed E-state index contributed by atoms with van der Waals surface area (Å²) in [5, 5.41) is 9.96. The number of carbonyl (C=O) groups excluding carboxylic acids is 5. The molecule has 0 saturated carbocycles. The highest BCUT2D eigenvalue weighted by Gasteiger charge is 2.45. The summed E-state index contributed by atoms with van der Waals surface area (Å²) in [4.78, 5) is 65.1. The van der Waals surface area contributed by atoms with Crippen LogP contribution < -0.4 is 10.6 Å². The number of rotatable bonds is 8. The third kappa shape index (κ3) is 5.36. The number of nitrogens with zero attached hydrogens (tertiary/aromatic N) is 4. The van der Waals surface area contributed by atoms with Gasteiger partial charge in [0.1, 0.15) is 6.04 Å². The van der Waals surface area contributed by atoms with Crippen molar-refractivity contribution in [2.45, 2.75) is 64.1 Å². The number of piperidine rings is 2. The van der Waals surface area contributed by atoms with Gasteiger partial charge in [-0.2, -0.15) is 5.10 Å². The molecule has 206 valence electrons. The van der Waals surface area contributed by atoms with Crippen molar-refractivity contribution in [2.24, 2.45) is 0 Å². The van der Waals surface area contributed by atoms with Crippen molar-refractivity contribution in [3.63, 3.8) is 0 Å². The van der Waals surface area contributed by atoms with E-state index in [4.69, 9.17) is 4.74 Å². The molecule has 1 unspecified atom stereocenters. The largest absolute Gasteiger partial charge is 0.449 e. The summed E-state index contributed by atoms with van der Waals surface area (Å²) < 4.78 is 7.22. The number of anilines is 1. The molecule has 1 atom stereocenters. The van der Waals surface area contributed by atoms with Crippen molar-refractivity contribution in [1.29, 1.82) is 0 Å². The highest BCUT2D eigenvalue weighted by atomic mass is 16.6. The Morgan fingerprint density at radius 1 is 1.13 bits per heavy atom. The van der Waals surface area contributed by atoms with Crippen LogP contribution in [0.1, 0.15) is 77.8 Å². The quantitative estimate of drug-likeness (QED) is 0.387. The van der Waals surface area contributed by atoms with Crippen LogP contribution in [0.3, 0.4) is 0 Å². The highest BCUT2D eigenvalue weighted by molar-refractivity contribution is 6.25. The van der Waals surface area contributed by atoms with Crippen molar-refractivity contribution in [3.8, 4) is 0 Å². The molecule has 0 bridgehead atoms. The van der Waals surface area contributed by atoms with Gasteiger partial charge >= 0.3 is 6.09 Å². The van der Waals surface area contributed by atoms with Gasteiger partial charge in [-0.05, 0) is 37.8 Å². The lowest BCUT2D eigenvalue weighted by molar-refractivity contribution is -0.136. The fourth-order valence-electron chi connectivity index (χ4n) is 5.24. The second-order valence-corrected chi connectivity index (χ2v) is 10.0. The van der Waals surface area contributed by atoms with Crippen molar-refractivity contribution in [3.05, 3.63) is 47.3 Å². The molecule has 2 aromatic rings. The molecule has 12 heteroatoms. The van der Waals surface area contributed by atoms with Gasteiger partial charge in [0.25, 0.3) is 11.8 Å². The lowest BCUT2D eigenvalue weighted by Crippen LogP contribution is -2.54. The average Bonchev–Trinajstić information content (AvgIpc) is 3.51. The molecule has 0 spiro atoms. The van der Waals surface area contributed by atoms with E-state index in [1.165, 1.54) is 0 Å². The molecule has 2 N–H and O–H groups in total. The summed E-state index contributed by atoms with van der Waals surface area (Å²) in [7, 11) is 0. The predicted molar refractivity (Wildman–Crippen MR) is 139 cm³/mol. The van der Waals surface area contributed by atoms with Crippen LogP contribution in [0, 0.1) is 0 Å². The van der Waals surface area contributed by atoms with Crippen molar-refractivity contribution in [2.75, 3.05) is 25.0 Å². The summed E-state index contributed by atoms with van der Waals surface area (Å²) in [6, 6.07) is 4.13. The van der Waals surface area contributed by atoms with Gasteiger partial charge in [0.15, 0.2) is 0 Å². The lowest BCUT2D eigenvalue weighted by Gasteiger charge is -2.31. The second kappa shape index (κ2) is 11.3. The average molecular weight is 537 g/mol. The zero-order valence-electron chi connectivity index (χ0n) is 21.9. The van der Waals surface area contributed by atoms with E-state index in [0.29, 0.717) is 31.9 Å². The van der Waals surface area contributed by atoms with Crippen LogP contribution in [-0.4, -0.2) is 75.0 Å². The van der Waals surface area contributed by atoms with Gasteiger partial charge < -0.3 is 15.0 Å². The van der Waals surface area contributed by atoms with Crippen LogP contribution in [0.5, 0.6) is 0 Å². The number of hydrogen-bond acceptors (Lipinski definition) is 8.